The van der Waals surface area contributed by atoms with Crippen LogP contribution in [0.2, 0.25) is 0 Å². The third-order valence-electron chi connectivity index (χ3n) is 6.70. The first-order valence-electron chi connectivity index (χ1n) is 12.6. The van der Waals surface area contributed by atoms with Crippen molar-refractivity contribution in [3.05, 3.63) is 112 Å². The topological polar surface area (TPSA) is 70.6 Å². The Labute approximate surface area is 227 Å². The number of amides is 2. The average molecular weight is 559 g/mol. The summed E-state index contributed by atoms with van der Waals surface area (Å²) in [7, 11) is 1.58. The van der Waals surface area contributed by atoms with E-state index in [-0.39, 0.29) is 17.7 Å². The van der Waals surface area contributed by atoms with Crippen molar-refractivity contribution in [2.75, 3.05) is 13.6 Å². The molecular weight excluding hydrogens is 526 g/mol. The van der Waals surface area contributed by atoms with Crippen LogP contribution in [0.25, 0.3) is 5.57 Å². The Bertz CT molecular complexity index is 1320. The number of aryl methyl sites for hydroxylation is 1. The van der Waals surface area contributed by atoms with Crippen LogP contribution in [-0.4, -0.2) is 37.2 Å². The Kier molecular flexibility index (Phi) is 9.07. The second-order valence-corrected chi connectivity index (χ2v) is 10.2. The van der Waals surface area contributed by atoms with Crippen molar-refractivity contribution in [2.24, 2.45) is 10.9 Å². The molecule has 6 heteroatoms. The lowest BCUT2D eigenvalue weighted by molar-refractivity contribution is -0.126. The highest BCUT2D eigenvalue weighted by Crippen LogP contribution is 2.33. The van der Waals surface area contributed by atoms with Gasteiger partial charge in [-0.05, 0) is 71.7 Å². The van der Waals surface area contributed by atoms with E-state index >= 15 is 0 Å². The van der Waals surface area contributed by atoms with Crippen LogP contribution in [0.1, 0.15) is 28.7 Å². The molecule has 2 atom stereocenters. The van der Waals surface area contributed by atoms with Gasteiger partial charge < -0.3 is 10.6 Å². The molecule has 2 unspecified atom stereocenters. The van der Waals surface area contributed by atoms with E-state index in [2.05, 4.69) is 74.9 Å². The zero-order valence-electron chi connectivity index (χ0n) is 21.2. The zero-order valence-corrected chi connectivity index (χ0v) is 22.8. The van der Waals surface area contributed by atoms with Crippen LogP contribution >= 0.6 is 15.9 Å². The molecule has 4 rings (SSSR count). The van der Waals surface area contributed by atoms with E-state index in [1.807, 2.05) is 48.5 Å². The van der Waals surface area contributed by atoms with Gasteiger partial charge in [0.25, 0.3) is 5.91 Å². The van der Waals surface area contributed by atoms with Crippen molar-refractivity contribution in [1.29, 1.82) is 0 Å². The van der Waals surface area contributed by atoms with E-state index < -0.39 is 6.04 Å². The molecule has 1 heterocycles. The fourth-order valence-electron chi connectivity index (χ4n) is 4.76. The third-order valence-corrected chi connectivity index (χ3v) is 7.20. The van der Waals surface area contributed by atoms with Gasteiger partial charge in [-0.1, -0.05) is 82.7 Å². The summed E-state index contributed by atoms with van der Waals surface area (Å²) < 4.78 is 0.926. The average Bonchev–Trinajstić information content (AvgIpc) is 3.11. The summed E-state index contributed by atoms with van der Waals surface area (Å²) in [6.07, 6.45) is 4.01. The molecule has 0 aliphatic carbocycles. The van der Waals surface area contributed by atoms with Gasteiger partial charge >= 0.3 is 0 Å². The largest absolute Gasteiger partial charge is 0.357 e. The Balaban J connectivity index is 1.63. The Hall–Kier alpha value is -3.51. The summed E-state index contributed by atoms with van der Waals surface area (Å²) in [6.45, 7) is 2.64. The van der Waals surface area contributed by atoms with Crippen LogP contribution in [0, 0.1) is 12.8 Å². The van der Waals surface area contributed by atoms with Gasteiger partial charge in [0.2, 0.25) is 5.91 Å². The normalized spacial score (nSPS) is 16.1. The summed E-state index contributed by atoms with van der Waals surface area (Å²) >= 11 is 3.48. The van der Waals surface area contributed by atoms with Crippen LogP contribution in [0.5, 0.6) is 0 Å². The number of hydrogen-bond donors (Lipinski definition) is 2. The number of benzene rings is 3. The minimum Gasteiger partial charge on any atom is -0.357 e. The number of allylic oxidation sites excluding steroid dienone is 1. The van der Waals surface area contributed by atoms with E-state index in [1.165, 1.54) is 5.56 Å². The number of carbonyl (C=O) groups is 2. The predicted octanol–water partition coefficient (Wildman–Crippen LogP) is 5.32. The number of nitrogens with zero attached hydrogens (tertiary/aromatic N) is 1. The van der Waals surface area contributed by atoms with Gasteiger partial charge in [0.05, 0.1) is 0 Å². The number of nitrogens with one attached hydrogen (secondary N) is 2. The molecule has 5 nitrogen and oxygen atoms in total. The molecule has 0 aromatic heterocycles. The maximum atomic E-state index is 13.5. The summed E-state index contributed by atoms with van der Waals surface area (Å²) in [6, 6.07) is 25.7. The molecule has 3 aromatic rings. The van der Waals surface area contributed by atoms with E-state index in [0.717, 1.165) is 39.6 Å². The van der Waals surface area contributed by atoms with Crippen molar-refractivity contribution >= 4 is 39.0 Å². The number of rotatable bonds is 8. The monoisotopic (exact) mass is 557 g/mol. The first-order chi connectivity index (χ1) is 17.9. The minimum atomic E-state index is -0.715. The first-order valence-corrected chi connectivity index (χ1v) is 13.4. The lowest BCUT2D eigenvalue weighted by Gasteiger charge is -2.21. The fraction of sp³-hybridized carbons (Fsp3) is 0.258. The van der Waals surface area contributed by atoms with Gasteiger partial charge in [-0.3, -0.25) is 14.6 Å². The molecule has 3 aromatic carbocycles. The van der Waals surface area contributed by atoms with Crippen molar-refractivity contribution in [3.8, 4) is 0 Å². The SMILES string of the molecule is CNC(=O)C(Cc1cccc(Br)c1)NC(=O)C1=NCCC(Cc2ccccc2)C(c2ccccc2C)=C1. The smallest absolute Gasteiger partial charge is 0.270 e. The molecule has 0 saturated heterocycles. The maximum Gasteiger partial charge on any atom is 0.270 e. The predicted molar refractivity (Wildman–Crippen MR) is 154 cm³/mol. The Morgan fingerprint density at radius 3 is 2.46 bits per heavy atom. The van der Waals surface area contributed by atoms with Crippen molar-refractivity contribution in [1.82, 2.24) is 10.6 Å². The summed E-state index contributed by atoms with van der Waals surface area (Å²) in [4.78, 5) is 30.8. The Morgan fingerprint density at radius 1 is 1.00 bits per heavy atom. The van der Waals surface area contributed by atoms with Crippen LogP contribution in [0.15, 0.2) is 94.4 Å². The standard InChI is InChI=1S/C31H32BrN3O2/c1-21-9-6-7-14-26(21)27-20-28(34-16-15-24(27)17-22-10-4-3-5-11-22)31(37)35-29(30(36)33-2)19-23-12-8-13-25(32)18-23/h3-14,18,20,24,29H,15-17,19H2,1-2H3,(H,33,36)(H,35,37). The van der Waals surface area contributed by atoms with Crippen molar-refractivity contribution in [3.63, 3.8) is 0 Å². The molecule has 0 radical (unpaired) electrons. The number of likely N-dealkylation sites (N-methyl/N-ethyl adjacent to an activating group) is 1. The molecule has 1 aliphatic heterocycles. The highest BCUT2D eigenvalue weighted by Gasteiger charge is 2.26. The van der Waals surface area contributed by atoms with E-state index in [9.17, 15) is 9.59 Å². The molecule has 0 fully saturated rings. The lowest BCUT2D eigenvalue weighted by Crippen LogP contribution is -2.48. The van der Waals surface area contributed by atoms with Gasteiger partial charge in [0, 0.05) is 24.5 Å². The van der Waals surface area contributed by atoms with Crippen LogP contribution in [0.4, 0.5) is 0 Å². The van der Waals surface area contributed by atoms with E-state index in [1.54, 1.807) is 7.05 Å². The number of carbonyl (C=O) groups excluding carboxylic acids is 2. The quantitative estimate of drug-likeness (QED) is 0.393. The molecule has 0 bridgehead atoms. The molecular formula is C31H32BrN3O2. The van der Waals surface area contributed by atoms with Crippen LogP contribution < -0.4 is 10.6 Å². The van der Waals surface area contributed by atoms with Crippen molar-refractivity contribution < 1.29 is 9.59 Å². The van der Waals surface area contributed by atoms with Gasteiger partial charge in [0.15, 0.2) is 0 Å². The van der Waals surface area contributed by atoms with E-state index in [0.29, 0.717) is 18.7 Å². The summed E-state index contributed by atoms with van der Waals surface area (Å²) in [5.74, 6) is -0.364. The third kappa shape index (κ3) is 7.04. The maximum absolute atomic E-state index is 13.5. The van der Waals surface area contributed by atoms with Crippen LogP contribution in [0.3, 0.4) is 0 Å². The summed E-state index contributed by atoms with van der Waals surface area (Å²) in [5.41, 5.74) is 5.96. The van der Waals surface area contributed by atoms with Crippen LogP contribution in [-0.2, 0) is 22.4 Å². The molecule has 1 aliphatic rings. The number of hydrogen-bond acceptors (Lipinski definition) is 3. The number of halogens is 1. The highest BCUT2D eigenvalue weighted by molar-refractivity contribution is 9.10. The van der Waals surface area contributed by atoms with Gasteiger partial charge in [-0.25, -0.2) is 0 Å². The molecule has 37 heavy (non-hydrogen) atoms. The second-order valence-electron chi connectivity index (χ2n) is 9.33. The highest BCUT2D eigenvalue weighted by atomic mass is 79.9. The van der Waals surface area contributed by atoms with E-state index in [4.69, 9.17) is 0 Å². The molecule has 0 spiro atoms. The van der Waals surface area contributed by atoms with Gasteiger partial charge in [-0.2, -0.15) is 0 Å². The first kappa shape index (κ1) is 26.6. The zero-order chi connectivity index (χ0) is 26.2. The second kappa shape index (κ2) is 12.6. The number of aliphatic imine (C=N–C) groups is 1. The Morgan fingerprint density at radius 2 is 1.73 bits per heavy atom. The minimum absolute atomic E-state index is 0.217. The summed E-state index contributed by atoms with van der Waals surface area (Å²) in [5, 5.41) is 5.62. The molecule has 190 valence electrons. The molecule has 2 amide bonds. The molecule has 0 saturated carbocycles. The lowest BCUT2D eigenvalue weighted by atomic mass is 9.83. The molecule has 2 N–H and O–H groups in total. The fourth-order valence-corrected chi connectivity index (χ4v) is 5.21. The van der Waals surface area contributed by atoms with Crippen molar-refractivity contribution in [2.45, 2.75) is 32.2 Å². The van der Waals surface area contributed by atoms with Gasteiger partial charge in [0.1, 0.15) is 11.8 Å². The van der Waals surface area contributed by atoms with Gasteiger partial charge in [-0.15, -0.1) is 0 Å².